The van der Waals surface area contributed by atoms with Gasteiger partial charge in [0.05, 0.1) is 19.7 Å². The Labute approximate surface area is 167 Å². The number of nitrogens with zero attached hydrogens (tertiary/aromatic N) is 1. The first kappa shape index (κ1) is 17.2. The minimum atomic E-state index is 0.248. The van der Waals surface area contributed by atoms with Crippen molar-refractivity contribution in [2.45, 2.75) is 0 Å². The van der Waals surface area contributed by atoms with Crippen LogP contribution >= 0.6 is 0 Å². The molecule has 7 nitrogen and oxygen atoms in total. The van der Waals surface area contributed by atoms with Gasteiger partial charge in [0.1, 0.15) is 17.3 Å². The van der Waals surface area contributed by atoms with Crippen molar-refractivity contribution in [3.63, 3.8) is 0 Å². The zero-order valence-electron chi connectivity index (χ0n) is 16.0. The summed E-state index contributed by atoms with van der Waals surface area (Å²) in [5.41, 5.74) is 3.76. The van der Waals surface area contributed by atoms with E-state index in [9.17, 15) is 0 Å². The Morgan fingerprint density at radius 3 is 2.52 bits per heavy atom. The lowest BCUT2D eigenvalue weighted by molar-refractivity contribution is 0.174. The number of nitrogens with one attached hydrogen (secondary N) is 2. The zero-order chi connectivity index (χ0) is 19.8. The Kier molecular flexibility index (Phi) is 4.13. The number of methoxy groups -OCH3 is 2. The molecular weight excluding hydrogens is 370 g/mol. The Morgan fingerprint density at radius 2 is 1.72 bits per heavy atom. The lowest BCUT2D eigenvalue weighted by Crippen LogP contribution is -1.94. The third kappa shape index (κ3) is 3.16. The van der Waals surface area contributed by atoms with E-state index in [-0.39, 0.29) is 6.79 Å². The third-order valence-corrected chi connectivity index (χ3v) is 4.85. The molecule has 2 N–H and O–H groups in total. The van der Waals surface area contributed by atoms with Gasteiger partial charge >= 0.3 is 0 Å². The Bertz CT molecular complexity index is 1180. The zero-order valence-corrected chi connectivity index (χ0v) is 16.0. The summed E-state index contributed by atoms with van der Waals surface area (Å²) < 4.78 is 21.6. The average Bonchev–Trinajstić information content (AvgIpc) is 3.40. The molecule has 0 bridgehead atoms. The molecule has 2 aromatic heterocycles. The second-order valence-electron chi connectivity index (χ2n) is 6.60. The van der Waals surface area contributed by atoms with Crippen molar-refractivity contribution < 1.29 is 18.9 Å². The maximum absolute atomic E-state index is 5.46. The predicted octanol–water partition coefficient (Wildman–Crippen LogP) is 4.72. The maximum Gasteiger partial charge on any atom is 0.231 e. The SMILES string of the molecule is COc1cc(OC)cc(-c2cc3c(Nc4ccc5c(c4)OCO5)nccc3[nH]2)c1. The minimum Gasteiger partial charge on any atom is -0.497 e. The smallest absolute Gasteiger partial charge is 0.231 e. The fourth-order valence-electron chi connectivity index (χ4n) is 3.38. The fraction of sp³-hybridized carbons (Fsp3) is 0.136. The molecule has 0 amide bonds. The molecule has 0 unspecified atom stereocenters. The second-order valence-corrected chi connectivity index (χ2v) is 6.60. The van der Waals surface area contributed by atoms with E-state index in [0.29, 0.717) is 0 Å². The number of ether oxygens (including phenoxy) is 4. The van der Waals surface area contributed by atoms with Crippen LogP contribution in [0.15, 0.2) is 54.7 Å². The van der Waals surface area contributed by atoms with Gasteiger partial charge in [-0.2, -0.15) is 0 Å². The van der Waals surface area contributed by atoms with Crippen LogP contribution in [0.3, 0.4) is 0 Å². The first-order chi connectivity index (χ1) is 14.2. The lowest BCUT2D eigenvalue weighted by atomic mass is 10.1. The molecule has 2 aromatic carbocycles. The largest absolute Gasteiger partial charge is 0.497 e. The summed E-state index contributed by atoms with van der Waals surface area (Å²) in [4.78, 5) is 7.96. The highest BCUT2D eigenvalue weighted by molar-refractivity contribution is 5.95. The third-order valence-electron chi connectivity index (χ3n) is 4.85. The molecule has 0 saturated carbocycles. The van der Waals surface area contributed by atoms with Gasteiger partial charge in [-0.3, -0.25) is 0 Å². The molecular formula is C22H19N3O4. The number of H-pyrrole nitrogens is 1. The topological polar surface area (TPSA) is 77.6 Å². The van der Waals surface area contributed by atoms with Crippen LogP contribution in [0.1, 0.15) is 0 Å². The summed E-state index contributed by atoms with van der Waals surface area (Å²) in [6.45, 7) is 0.248. The molecule has 29 heavy (non-hydrogen) atoms. The number of benzene rings is 2. The molecule has 0 fully saturated rings. The van der Waals surface area contributed by atoms with Crippen molar-refractivity contribution in [1.29, 1.82) is 0 Å². The number of aromatic nitrogens is 2. The molecule has 3 heterocycles. The highest BCUT2D eigenvalue weighted by atomic mass is 16.7. The Hall–Kier alpha value is -3.87. The molecule has 0 radical (unpaired) electrons. The van der Waals surface area contributed by atoms with Crippen LogP contribution in [0.4, 0.5) is 11.5 Å². The standard InChI is InChI=1S/C22H19N3O4/c1-26-15-7-13(8-16(10-15)27-2)19-11-17-18(25-19)5-6-23-22(17)24-14-3-4-20-21(9-14)29-12-28-20/h3-11,25H,12H2,1-2H3,(H,23,24). The average molecular weight is 389 g/mol. The molecule has 0 spiro atoms. The molecule has 1 aliphatic heterocycles. The summed E-state index contributed by atoms with van der Waals surface area (Å²) in [6, 6.07) is 15.5. The second kappa shape index (κ2) is 6.94. The van der Waals surface area contributed by atoms with Crippen molar-refractivity contribution in [3.05, 3.63) is 54.7 Å². The van der Waals surface area contributed by atoms with Crippen molar-refractivity contribution in [2.75, 3.05) is 26.3 Å². The minimum absolute atomic E-state index is 0.248. The Balaban J connectivity index is 1.53. The summed E-state index contributed by atoms with van der Waals surface area (Å²) >= 11 is 0. The van der Waals surface area contributed by atoms with Crippen LogP contribution in [0.5, 0.6) is 23.0 Å². The van der Waals surface area contributed by atoms with E-state index in [4.69, 9.17) is 18.9 Å². The number of anilines is 2. The van der Waals surface area contributed by atoms with Crippen molar-refractivity contribution >= 4 is 22.4 Å². The van der Waals surface area contributed by atoms with Crippen LogP contribution in [0.2, 0.25) is 0 Å². The van der Waals surface area contributed by atoms with Gasteiger partial charge in [-0.05, 0) is 36.4 Å². The van der Waals surface area contributed by atoms with Crippen LogP contribution < -0.4 is 24.3 Å². The summed E-state index contributed by atoms with van der Waals surface area (Å²) in [5, 5.41) is 4.34. The molecule has 4 aromatic rings. The summed E-state index contributed by atoms with van der Waals surface area (Å²) in [5.74, 6) is 3.68. The molecule has 7 heteroatoms. The van der Waals surface area contributed by atoms with Gasteiger partial charge in [-0.25, -0.2) is 4.98 Å². The summed E-state index contributed by atoms with van der Waals surface area (Å²) in [6.07, 6.45) is 1.77. The van der Waals surface area contributed by atoms with Crippen molar-refractivity contribution in [1.82, 2.24) is 9.97 Å². The maximum atomic E-state index is 5.46. The van der Waals surface area contributed by atoms with Gasteiger partial charge in [0.2, 0.25) is 6.79 Å². The van der Waals surface area contributed by atoms with E-state index < -0.39 is 0 Å². The number of rotatable bonds is 5. The highest BCUT2D eigenvalue weighted by Crippen LogP contribution is 2.37. The number of aromatic amines is 1. The van der Waals surface area contributed by atoms with Crippen LogP contribution in [-0.2, 0) is 0 Å². The van der Waals surface area contributed by atoms with E-state index in [1.165, 1.54) is 0 Å². The molecule has 0 aliphatic carbocycles. The molecule has 1 aliphatic rings. The monoisotopic (exact) mass is 389 g/mol. The number of fused-ring (bicyclic) bond motifs is 2. The van der Waals surface area contributed by atoms with E-state index in [0.717, 1.165) is 56.7 Å². The fourth-order valence-corrected chi connectivity index (χ4v) is 3.38. The first-order valence-electron chi connectivity index (χ1n) is 9.11. The van der Waals surface area contributed by atoms with Gasteiger partial charge in [0.15, 0.2) is 11.5 Å². The van der Waals surface area contributed by atoms with E-state index in [1.807, 2.05) is 42.5 Å². The predicted molar refractivity (Wildman–Crippen MR) is 110 cm³/mol. The van der Waals surface area contributed by atoms with E-state index >= 15 is 0 Å². The van der Waals surface area contributed by atoms with Crippen LogP contribution in [0, 0.1) is 0 Å². The van der Waals surface area contributed by atoms with Gasteiger partial charge in [-0.15, -0.1) is 0 Å². The normalized spacial score (nSPS) is 12.2. The van der Waals surface area contributed by atoms with Gasteiger partial charge in [0, 0.05) is 40.7 Å². The van der Waals surface area contributed by atoms with Gasteiger partial charge in [0.25, 0.3) is 0 Å². The van der Waals surface area contributed by atoms with Crippen LogP contribution in [-0.4, -0.2) is 31.0 Å². The number of pyridine rings is 1. The quantitative estimate of drug-likeness (QED) is 0.514. The lowest BCUT2D eigenvalue weighted by Gasteiger charge is -2.07. The number of hydrogen-bond donors (Lipinski definition) is 2. The van der Waals surface area contributed by atoms with Gasteiger partial charge in [-0.1, -0.05) is 0 Å². The van der Waals surface area contributed by atoms with Crippen molar-refractivity contribution in [3.8, 4) is 34.3 Å². The van der Waals surface area contributed by atoms with Crippen LogP contribution in [0.25, 0.3) is 22.2 Å². The molecule has 0 saturated heterocycles. The van der Waals surface area contributed by atoms with E-state index in [2.05, 4.69) is 21.4 Å². The molecule has 5 rings (SSSR count). The van der Waals surface area contributed by atoms with Gasteiger partial charge < -0.3 is 29.2 Å². The van der Waals surface area contributed by atoms with Crippen molar-refractivity contribution in [2.24, 2.45) is 0 Å². The Morgan fingerprint density at radius 1 is 0.931 bits per heavy atom. The highest BCUT2D eigenvalue weighted by Gasteiger charge is 2.15. The summed E-state index contributed by atoms with van der Waals surface area (Å²) in [7, 11) is 3.28. The van der Waals surface area contributed by atoms with E-state index in [1.54, 1.807) is 20.4 Å². The molecule has 146 valence electrons. The number of hydrogen-bond acceptors (Lipinski definition) is 6. The first-order valence-corrected chi connectivity index (χ1v) is 9.11. The molecule has 0 atom stereocenters.